The molecule has 0 aliphatic heterocycles. The smallest absolute Gasteiger partial charge is 0.118 e. The largest absolute Gasteiger partial charge is 0.243 e. The van der Waals surface area contributed by atoms with Crippen molar-refractivity contribution in [1.29, 1.82) is 0 Å². The molecule has 0 N–H and O–H groups in total. The van der Waals surface area contributed by atoms with Crippen LogP contribution in [0.2, 0.25) is 0 Å². The second-order valence-electron chi connectivity index (χ2n) is 3.66. The van der Waals surface area contributed by atoms with E-state index in [1.807, 2.05) is 0 Å². The molecule has 0 fully saturated rings. The Bertz CT molecular complexity index is 110. The predicted molar refractivity (Wildman–Crippen MR) is 57.7 cm³/mol. The molecule has 0 nitrogen and oxygen atoms in total. The third kappa shape index (κ3) is 9.59. The minimum Gasteiger partial charge on any atom is -0.243 e. The molecular weight excluding hydrogens is 163 g/mol. The maximum atomic E-state index is 12.6. The zero-order valence-corrected chi connectivity index (χ0v) is 8.90. The zero-order valence-electron chi connectivity index (χ0n) is 8.90. The molecule has 0 aromatic rings. The van der Waals surface area contributed by atoms with E-state index in [2.05, 4.69) is 13.5 Å². The van der Waals surface area contributed by atoms with E-state index in [1.165, 1.54) is 44.6 Å². The highest BCUT2D eigenvalue weighted by molar-refractivity contribution is 4.77. The minimum atomic E-state index is -0.782. The highest BCUT2D eigenvalue weighted by Gasteiger charge is 1.98. The Morgan fingerprint density at radius 3 is 2.15 bits per heavy atom. The molecule has 0 saturated carbocycles. The van der Waals surface area contributed by atoms with E-state index in [4.69, 9.17) is 0 Å². The van der Waals surface area contributed by atoms with E-state index in [9.17, 15) is 4.39 Å². The number of hydrogen-bond acceptors (Lipinski definition) is 0. The van der Waals surface area contributed by atoms with Crippen molar-refractivity contribution in [2.24, 2.45) is 0 Å². The molecule has 13 heavy (non-hydrogen) atoms. The van der Waals surface area contributed by atoms with Gasteiger partial charge in [-0.2, -0.15) is 0 Å². The van der Waals surface area contributed by atoms with Crippen molar-refractivity contribution in [3.8, 4) is 0 Å². The maximum Gasteiger partial charge on any atom is 0.118 e. The number of hydrogen-bond donors (Lipinski definition) is 0. The Labute approximate surface area is 82.2 Å². The number of alkyl halides is 1. The van der Waals surface area contributed by atoms with Gasteiger partial charge in [-0.25, -0.2) is 4.39 Å². The lowest BCUT2D eigenvalue weighted by Gasteiger charge is -2.02. The first-order valence-electron chi connectivity index (χ1n) is 5.58. The van der Waals surface area contributed by atoms with E-state index in [0.717, 1.165) is 6.42 Å². The first-order chi connectivity index (χ1) is 6.31. The fourth-order valence-electron chi connectivity index (χ4n) is 1.41. The van der Waals surface area contributed by atoms with Gasteiger partial charge in [0.25, 0.3) is 0 Å². The molecule has 0 aliphatic rings. The van der Waals surface area contributed by atoms with Gasteiger partial charge in [0, 0.05) is 0 Å². The van der Waals surface area contributed by atoms with Crippen molar-refractivity contribution in [3.63, 3.8) is 0 Å². The molecule has 0 bridgehead atoms. The van der Waals surface area contributed by atoms with E-state index in [1.54, 1.807) is 0 Å². The summed E-state index contributed by atoms with van der Waals surface area (Å²) < 4.78 is 12.6. The minimum absolute atomic E-state index is 0.664. The summed E-state index contributed by atoms with van der Waals surface area (Å²) in [5, 5.41) is 0. The van der Waals surface area contributed by atoms with Crippen LogP contribution in [0.1, 0.15) is 58.3 Å². The first-order valence-corrected chi connectivity index (χ1v) is 5.58. The van der Waals surface area contributed by atoms with Crippen molar-refractivity contribution in [2.45, 2.75) is 64.5 Å². The fourth-order valence-corrected chi connectivity index (χ4v) is 1.41. The molecular formula is C12H23F. The third-order valence-electron chi connectivity index (χ3n) is 2.34. The second-order valence-corrected chi connectivity index (χ2v) is 3.66. The molecule has 0 radical (unpaired) electrons. The monoisotopic (exact) mass is 186 g/mol. The summed E-state index contributed by atoms with van der Waals surface area (Å²) in [6.45, 7) is 5.65. The van der Waals surface area contributed by atoms with Crippen molar-refractivity contribution >= 4 is 0 Å². The van der Waals surface area contributed by atoms with E-state index in [-0.39, 0.29) is 0 Å². The molecule has 0 aromatic heterocycles. The van der Waals surface area contributed by atoms with E-state index in [0.29, 0.717) is 6.42 Å². The average Bonchev–Trinajstić information content (AvgIpc) is 2.16. The Morgan fingerprint density at radius 2 is 1.62 bits per heavy atom. The molecule has 1 atom stereocenters. The molecule has 1 heteroatoms. The molecule has 0 rings (SSSR count). The van der Waals surface area contributed by atoms with Gasteiger partial charge < -0.3 is 0 Å². The Balaban J connectivity index is 2.95. The number of allylic oxidation sites excluding steroid dienone is 1. The van der Waals surface area contributed by atoms with Crippen LogP contribution in [0.5, 0.6) is 0 Å². The number of halogens is 1. The summed E-state index contributed by atoms with van der Waals surface area (Å²) >= 11 is 0. The second kappa shape index (κ2) is 9.76. The average molecular weight is 186 g/mol. The normalized spacial score (nSPS) is 12.8. The Kier molecular flexibility index (Phi) is 9.51. The topological polar surface area (TPSA) is 0 Å². The molecule has 0 amide bonds. The number of unbranched alkanes of at least 4 members (excludes halogenated alkanes) is 6. The Morgan fingerprint density at radius 1 is 1.08 bits per heavy atom. The van der Waals surface area contributed by atoms with Crippen molar-refractivity contribution in [2.75, 3.05) is 0 Å². The van der Waals surface area contributed by atoms with Crippen LogP contribution in [0.4, 0.5) is 4.39 Å². The molecule has 0 spiro atoms. The van der Waals surface area contributed by atoms with Crippen molar-refractivity contribution < 1.29 is 4.39 Å². The molecule has 0 aliphatic carbocycles. The molecule has 0 heterocycles. The van der Waals surface area contributed by atoms with Crippen LogP contribution in [-0.4, -0.2) is 6.17 Å². The summed E-state index contributed by atoms with van der Waals surface area (Å²) in [6.07, 6.45) is 10.0. The summed E-state index contributed by atoms with van der Waals surface area (Å²) in [5.74, 6) is 0. The van der Waals surface area contributed by atoms with Gasteiger partial charge in [0.05, 0.1) is 0 Å². The van der Waals surface area contributed by atoms with Crippen LogP contribution in [-0.2, 0) is 0 Å². The standard InChI is InChI=1S/C12H23F/c1-3-5-6-7-8-9-10-11-12(13)4-2/h4,12H,2-3,5-11H2,1H3. The molecule has 1 unspecified atom stereocenters. The summed E-state index contributed by atoms with van der Waals surface area (Å²) in [7, 11) is 0. The molecule has 0 saturated heterocycles. The summed E-state index contributed by atoms with van der Waals surface area (Å²) in [5.41, 5.74) is 0. The Hall–Kier alpha value is -0.330. The van der Waals surface area contributed by atoms with Gasteiger partial charge in [0.1, 0.15) is 6.17 Å². The highest BCUT2D eigenvalue weighted by Crippen LogP contribution is 2.11. The van der Waals surface area contributed by atoms with Gasteiger partial charge in [-0.15, -0.1) is 6.58 Å². The van der Waals surface area contributed by atoms with Crippen LogP contribution in [0.3, 0.4) is 0 Å². The van der Waals surface area contributed by atoms with Crippen molar-refractivity contribution in [3.05, 3.63) is 12.7 Å². The van der Waals surface area contributed by atoms with Gasteiger partial charge in [-0.05, 0) is 6.42 Å². The van der Waals surface area contributed by atoms with Crippen LogP contribution >= 0.6 is 0 Å². The SMILES string of the molecule is C=CC(F)CCCCCCCCC. The van der Waals surface area contributed by atoms with Crippen molar-refractivity contribution in [1.82, 2.24) is 0 Å². The van der Waals surface area contributed by atoms with Gasteiger partial charge in [-0.1, -0.05) is 57.9 Å². The first kappa shape index (κ1) is 12.7. The lowest BCUT2D eigenvalue weighted by atomic mass is 10.1. The maximum absolute atomic E-state index is 12.6. The molecule has 0 aromatic carbocycles. The van der Waals surface area contributed by atoms with Gasteiger partial charge >= 0.3 is 0 Å². The fraction of sp³-hybridized carbons (Fsp3) is 0.833. The van der Waals surface area contributed by atoms with Crippen LogP contribution in [0.15, 0.2) is 12.7 Å². The predicted octanol–water partition coefficient (Wildman–Crippen LogP) is 4.65. The molecule has 78 valence electrons. The van der Waals surface area contributed by atoms with Gasteiger partial charge in [0.2, 0.25) is 0 Å². The third-order valence-corrected chi connectivity index (χ3v) is 2.34. The van der Waals surface area contributed by atoms with Gasteiger partial charge in [-0.3, -0.25) is 0 Å². The van der Waals surface area contributed by atoms with Crippen LogP contribution in [0.25, 0.3) is 0 Å². The van der Waals surface area contributed by atoms with Crippen LogP contribution < -0.4 is 0 Å². The van der Waals surface area contributed by atoms with E-state index >= 15 is 0 Å². The lowest BCUT2D eigenvalue weighted by Crippen LogP contribution is -1.93. The lowest BCUT2D eigenvalue weighted by molar-refractivity contribution is 0.365. The quantitative estimate of drug-likeness (QED) is 0.363. The number of rotatable bonds is 9. The van der Waals surface area contributed by atoms with Gasteiger partial charge in [0.15, 0.2) is 0 Å². The zero-order chi connectivity index (χ0) is 9.94. The summed E-state index contributed by atoms with van der Waals surface area (Å²) in [6, 6.07) is 0. The van der Waals surface area contributed by atoms with E-state index < -0.39 is 6.17 Å². The summed E-state index contributed by atoms with van der Waals surface area (Å²) in [4.78, 5) is 0. The highest BCUT2D eigenvalue weighted by atomic mass is 19.1. The van der Waals surface area contributed by atoms with Crippen LogP contribution in [0, 0.1) is 0 Å².